The van der Waals surface area contributed by atoms with Crippen LogP contribution in [-0.4, -0.2) is 19.7 Å². The highest BCUT2D eigenvalue weighted by atomic mass is 32.2. The second-order valence-corrected chi connectivity index (χ2v) is 3.63. The van der Waals surface area contributed by atoms with Crippen molar-refractivity contribution in [3.05, 3.63) is 30.4 Å². The summed E-state index contributed by atoms with van der Waals surface area (Å²) in [5.74, 6) is 0.880. The maximum absolute atomic E-state index is 4.21. The van der Waals surface area contributed by atoms with Gasteiger partial charge in [-0.2, -0.15) is 5.10 Å². The number of hydrogen-bond donors (Lipinski definition) is 1. The zero-order chi connectivity index (χ0) is 9.10. The lowest BCUT2D eigenvalue weighted by Gasteiger charge is -1.98. The lowest BCUT2D eigenvalue weighted by molar-refractivity contribution is 0.789. The van der Waals surface area contributed by atoms with Gasteiger partial charge in [-0.3, -0.25) is 5.10 Å². The third kappa shape index (κ3) is 1.92. The van der Waals surface area contributed by atoms with Crippen molar-refractivity contribution in [2.24, 2.45) is 7.05 Å². The summed E-state index contributed by atoms with van der Waals surface area (Å²) in [6.07, 6.45) is 5.50. The molecule has 0 saturated heterocycles. The van der Waals surface area contributed by atoms with Gasteiger partial charge in [-0.15, -0.1) is 0 Å². The SMILES string of the molecule is Cn1ccnc1SCc1ccn[nH]1. The number of hydrogen-bond acceptors (Lipinski definition) is 3. The third-order valence-corrected chi connectivity index (χ3v) is 2.80. The molecule has 0 aliphatic rings. The molecule has 2 heterocycles. The Labute approximate surface area is 80.4 Å². The average Bonchev–Trinajstić information content (AvgIpc) is 2.72. The molecule has 0 amide bonds. The third-order valence-electron chi connectivity index (χ3n) is 1.69. The number of H-pyrrole nitrogens is 1. The minimum atomic E-state index is 0.880. The zero-order valence-electron chi connectivity index (χ0n) is 7.27. The Morgan fingerprint density at radius 3 is 3.08 bits per heavy atom. The Bertz CT molecular complexity index is 365. The number of nitrogens with zero attached hydrogens (tertiary/aromatic N) is 3. The van der Waals surface area contributed by atoms with Crippen LogP contribution in [0, 0.1) is 0 Å². The second-order valence-electron chi connectivity index (χ2n) is 2.69. The molecule has 0 aliphatic heterocycles. The van der Waals surface area contributed by atoms with Crippen LogP contribution in [0.15, 0.2) is 29.8 Å². The number of imidazole rings is 1. The van der Waals surface area contributed by atoms with Crippen LogP contribution in [0.25, 0.3) is 0 Å². The Kier molecular flexibility index (Phi) is 2.35. The Morgan fingerprint density at radius 1 is 1.54 bits per heavy atom. The van der Waals surface area contributed by atoms with Gasteiger partial charge in [-0.25, -0.2) is 4.98 Å². The fraction of sp³-hybridized carbons (Fsp3) is 0.250. The molecule has 68 valence electrons. The number of thioether (sulfide) groups is 1. The predicted molar refractivity (Wildman–Crippen MR) is 51.4 cm³/mol. The van der Waals surface area contributed by atoms with E-state index in [1.54, 1.807) is 24.2 Å². The van der Waals surface area contributed by atoms with Crippen molar-refractivity contribution in [2.45, 2.75) is 10.9 Å². The topological polar surface area (TPSA) is 46.5 Å². The van der Waals surface area contributed by atoms with Crippen LogP contribution in [0.4, 0.5) is 0 Å². The predicted octanol–water partition coefficient (Wildman–Crippen LogP) is 1.44. The molecule has 4 nitrogen and oxygen atoms in total. The lowest BCUT2D eigenvalue weighted by Crippen LogP contribution is -1.89. The largest absolute Gasteiger partial charge is 0.329 e. The van der Waals surface area contributed by atoms with Gasteiger partial charge >= 0.3 is 0 Å². The minimum absolute atomic E-state index is 0.880. The normalized spacial score (nSPS) is 10.5. The maximum atomic E-state index is 4.21. The molecule has 5 heteroatoms. The first-order valence-electron chi connectivity index (χ1n) is 3.94. The van der Waals surface area contributed by atoms with E-state index < -0.39 is 0 Å². The van der Waals surface area contributed by atoms with E-state index >= 15 is 0 Å². The van der Waals surface area contributed by atoms with E-state index in [-0.39, 0.29) is 0 Å². The Balaban J connectivity index is 1.97. The Morgan fingerprint density at radius 2 is 2.46 bits per heavy atom. The monoisotopic (exact) mass is 194 g/mol. The molecule has 0 spiro atoms. The summed E-state index contributed by atoms with van der Waals surface area (Å²) in [6.45, 7) is 0. The van der Waals surface area contributed by atoms with E-state index in [9.17, 15) is 0 Å². The minimum Gasteiger partial charge on any atom is -0.329 e. The molecular formula is C8H10N4S. The van der Waals surface area contributed by atoms with E-state index in [0.29, 0.717) is 0 Å². The van der Waals surface area contributed by atoms with Gasteiger partial charge in [0.15, 0.2) is 5.16 Å². The van der Waals surface area contributed by atoms with Gasteiger partial charge in [0.05, 0.1) is 0 Å². The molecule has 0 atom stereocenters. The van der Waals surface area contributed by atoms with Crippen LogP contribution >= 0.6 is 11.8 Å². The molecule has 13 heavy (non-hydrogen) atoms. The molecule has 2 rings (SSSR count). The summed E-state index contributed by atoms with van der Waals surface area (Å²) < 4.78 is 2.00. The van der Waals surface area contributed by atoms with Crippen molar-refractivity contribution in [1.29, 1.82) is 0 Å². The lowest BCUT2D eigenvalue weighted by atomic mass is 10.5. The van der Waals surface area contributed by atoms with Gasteiger partial charge in [0.25, 0.3) is 0 Å². The van der Waals surface area contributed by atoms with Gasteiger partial charge in [0.2, 0.25) is 0 Å². The molecule has 0 unspecified atom stereocenters. The number of aryl methyl sites for hydroxylation is 1. The van der Waals surface area contributed by atoms with Crippen molar-refractivity contribution < 1.29 is 0 Å². The highest BCUT2D eigenvalue weighted by molar-refractivity contribution is 7.98. The number of rotatable bonds is 3. The van der Waals surface area contributed by atoms with Gasteiger partial charge in [0.1, 0.15) is 0 Å². The summed E-state index contributed by atoms with van der Waals surface area (Å²) in [5, 5.41) is 7.81. The number of aromatic amines is 1. The van der Waals surface area contributed by atoms with Crippen LogP contribution in [0.2, 0.25) is 0 Å². The molecule has 0 fully saturated rings. The summed E-state index contributed by atoms with van der Waals surface area (Å²) in [6, 6.07) is 1.97. The number of nitrogens with one attached hydrogen (secondary N) is 1. The van der Waals surface area contributed by atoms with Gasteiger partial charge < -0.3 is 4.57 Å². The highest BCUT2D eigenvalue weighted by Gasteiger charge is 2.00. The first kappa shape index (κ1) is 8.37. The molecule has 0 saturated carbocycles. The zero-order valence-corrected chi connectivity index (χ0v) is 8.08. The fourth-order valence-corrected chi connectivity index (χ4v) is 1.84. The highest BCUT2D eigenvalue weighted by Crippen LogP contribution is 2.18. The van der Waals surface area contributed by atoms with Gasteiger partial charge in [0, 0.05) is 37.1 Å². The molecule has 0 radical (unpaired) electrons. The summed E-state index contributed by atoms with van der Waals surface area (Å²) in [5.41, 5.74) is 1.12. The van der Waals surface area contributed by atoms with Crippen LogP contribution in [0.5, 0.6) is 0 Å². The molecule has 0 aromatic carbocycles. The van der Waals surface area contributed by atoms with Gasteiger partial charge in [-0.05, 0) is 6.07 Å². The summed E-state index contributed by atoms with van der Waals surface area (Å²) in [4.78, 5) is 4.21. The van der Waals surface area contributed by atoms with E-state index in [4.69, 9.17) is 0 Å². The fourth-order valence-electron chi connectivity index (χ4n) is 0.998. The van der Waals surface area contributed by atoms with Crippen LogP contribution < -0.4 is 0 Å². The van der Waals surface area contributed by atoms with Crippen LogP contribution in [0.3, 0.4) is 0 Å². The molecule has 0 aliphatic carbocycles. The Hall–Kier alpha value is -1.23. The second kappa shape index (κ2) is 3.66. The van der Waals surface area contributed by atoms with Crippen LogP contribution in [-0.2, 0) is 12.8 Å². The van der Waals surface area contributed by atoms with Crippen molar-refractivity contribution in [2.75, 3.05) is 0 Å². The number of aromatic nitrogens is 4. The molecule has 2 aromatic rings. The van der Waals surface area contributed by atoms with Crippen molar-refractivity contribution in [3.63, 3.8) is 0 Å². The van der Waals surface area contributed by atoms with E-state index in [0.717, 1.165) is 16.6 Å². The molecule has 1 N–H and O–H groups in total. The average molecular weight is 194 g/mol. The maximum Gasteiger partial charge on any atom is 0.168 e. The standard InChI is InChI=1S/C8H10N4S/c1-12-5-4-9-8(12)13-6-7-2-3-10-11-7/h2-5H,6H2,1H3,(H,10,11). The van der Waals surface area contributed by atoms with Crippen molar-refractivity contribution in [1.82, 2.24) is 19.7 Å². The first-order valence-corrected chi connectivity index (χ1v) is 4.93. The summed E-state index contributed by atoms with van der Waals surface area (Å²) >= 11 is 1.69. The first-order chi connectivity index (χ1) is 6.36. The van der Waals surface area contributed by atoms with E-state index in [2.05, 4.69) is 15.2 Å². The molecule has 0 bridgehead atoms. The smallest absolute Gasteiger partial charge is 0.168 e. The van der Waals surface area contributed by atoms with Gasteiger partial charge in [-0.1, -0.05) is 11.8 Å². The summed E-state index contributed by atoms with van der Waals surface area (Å²) in [7, 11) is 1.99. The van der Waals surface area contributed by atoms with E-state index in [1.807, 2.05) is 23.9 Å². The van der Waals surface area contributed by atoms with Crippen molar-refractivity contribution in [3.8, 4) is 0 Å². The van der Waals surface area contributed by atoms with Crippen molar-refractivity contribution >= 4 is 11.8 Å². The molecule has 2 aromatic heterocycles. The quantitative estimate of drug-likeness (QED) is 0.752. The van der Waals surface area contributed by atoms with E-state index in [1.165, 1.54) is 0 Å². The van der Waals surface area contributed by atoms with Crippen LogP contribution in [0.1, 0.15) is 5.69 Å². The molecular weight excluding hydrogens is 184 g/mol.